The number of anilines is 1. The van der Waals surface area contributed by atoms with Crippen molar-refractivity contribution in [3.63, 3.8) is 0 Å². The maximum absolute atomic E-state index is 13.6. The zero-order valence-corrected chi connectivity index (χ0v) is 18.7. The first kappa shape index (κ1) is 22.9. The molecule has 1 aliphatic heterocycles. The minimum absolute atomic E-state index is 0.129. The van der Waals surface area contributed by atoms with Crippen molar-refractivity contribution in [3.05, 3.63) is 76.5 Å². The minimum Gasteiger partial charge on any atom is -0.493 e. The number of rotatable bonds is 4. The summed E-state index contributed by atoms with van der Waals surface area (Å²) in [5.41, 5.74) is 2.01. The highest BCUT2D eigenvalue weighted by Gasteiger charge is 2.43. The molecule has 2 atom stereocenters. The summed E-state index contributed by atoms with van der Waals surface area (Å²) >= 11 is 0. The zero-order valence-electron chi connectivity index (χ0n) is 18.7. The number of ketones is 1. The Kier molecular flexibility index (Phi) is 5.49. The number of benzene rings is 2. The molecule has 0 radical (unpaired) electrons. The van der Waals surface area contributed by atoms with E-state index in [1.165, 1.54) is 38.5 Å². The quantitative estimate of drug-likeness (QED) is 0.528. The van der Waals surface area contributed by atoms with Gasteiger partial charge >= 0.3 is 6.18 Å². The highest BCUT2D eigenvalue weighted by atomic mass is 19.4. The van der Waals surface area contributed by atoms with Crippen molar-refractivity contribution in [3.8, 4) is 11.5 Å². The molecule has 11 heteroatoms. The number of alkyl halides is 3. The second-order valence-corrected chi connectivity index (χ2v) is 8.32. The first-order valence-electron chi connectivity index (χ1n) is 10.7. The molecule has 5 rings (SSSR count). The fraction of sp³-hybridized carbons (Fsp3) is 0.292. The Labute approximate surface area is 197 Å². The number of aromatic nitrogens is 3. The van der Waals surface area contributed by atoms with Crippen LogP contribution < -0.4 is 14.8 Å². The Bertz CT molecular complexity index is 1330. The van der Waals surface area contributed by atoms with E-state index in [9.17, 15) is 22.4 Å². The van der Waals surface area contributed by atoms with E-state index >= 15 is 0 Å². The van der Waals surface area contributed by atoms with Crippen LogP contribution in [0.4, 0.5) is 23.5 Å². The van der Waals surface area contributed by atoms with Crippen molar-refractivity contribution in [2.24, 2.45) is 0 Å². The third-order valence-corrected chi connectivity index (χ3v) is 6.24. The van der Waals surface area contributed by atoms with Gasteiger partial charge in [-0.25, -0.2) is 9.07 Å². The number of hydrogen-bond donors (Lipinski definition) is 1. The summed E-state index contributed by atoms with van der Waals surface area (Å²) in [6.07, 6.45) is -4.29. The highest BCUT2D eigenvalue weighted by molar-refractivity contribution is 6.00. The van der Waals surface area contributed by atoms with Crippen LogP contribution in [0.3, 0.4) is 0 Å². The number of Topliss-reactive ketones (excluding diaryl/α,β-unsaturated/α-hetero) is 1. The van der Waals surface area contributed by atoms with Gasteiger partial charge in [-0.2, -0.15) is 18.2 Å². The molecule has 1 aromatic heterocycles. The second kappa shape index (κ2) is 8.40. The molecule has 1 aliphatic carbocycles. The number of allylic oxidation sites excluding steroid dienone is 2. The molecule has 2 aromatic carbocycles. The maximum atomic E-state index is 13.6. The Balaban J connectivity index is 1.59. The van der Waals surface area contributed by atoms with Gasteiger partial charge in [-0.05, 0) is 47.7 Å². The van der Waals surface area contributed by atoms with Crippen molar-refractivity contribution < 1.29 is 31.8 Å². The van der Waals surface area contributed by atoms with Crippen molar-refractivity contribution in [2.75, 3.05) is 19.5 Å². The Morgan fingerprint density at radius 2 is 1.69 bits per heavy atom. The van der Waals surface area contributed by atoms with Crippen molar-refractivity contribution >= 4 is 11.7 Å². The number of hydrogen-bond acceptors (Lipinski definition) is 6. The standard InChI is InChI=1S/C24H20F4N4O3/c1-34-18-8-5-13(11-19(18)35-2)14-9-16-20(17(33)10-14)21(12-3-6-15(25)7-4-12)32-23(29-16)30-22(31-32)24(26,27)28/h3-8,11,14,21H,9-10H2,1-2H3,(H,29,30,31)/t14-,21-/m1/s1. The SMILES string of the molecule is COc1ccc([C@H]2CC(=O)C3=C(C2)Nc2nc(C(F)(F)F)nn2[C@@H]3c2ccc(F)cc2)cc1OC. The van der Waals surface area contributed by atoms with E-state index in [1.807, 2.05) is 6.07 Å². The summed E-state index contributed by atoms with van der Waals surface area (Å²) in [6.45, 7) is 0. The van der Waals surface area contributed by atoms with Crippen LogP contribution in [0.25, 0.3) is 0 Å². The van der Waals surface area contributed by atoms with Gasteiger partial charge in [0.15, 0.2) is 17.3 Å². The molecular weight excluding hydrogens is 468 g/mol. The van der Waals surface area contributed by atoms with Gasteiger partial charge in [0.2, 0.25) is 5.95 Å². The van der Waals surface area contributed by atoms with Gasteiger partial charge in [-0.1, -0.05) is 18.2 Å². The van der Waals surface area contributed by atoms with Gasteiger partial charge in [0.1, 0.15) is 11.9 Å². The number of carbonyl (C=O) groups is 1. The van der Waals surface area contributed by atoms with E-state index in [0.29, 0.717) is 34.8 Å². The molecule has 0 spiro atoms. The fourth-order valence-corrected chi connectivity index (χ4v) is 4.63. The molecular formula is C24H20F4N4O3. The van der Waals surface area contributed by atoms with Crippen LogP contribution in [-0.4, -0.2) is 34.8 Å². The number of nitrogens with zero attached hydrogens (tertiary/aromatic N) is 3. The molecule has 0 saturated heterocycles. The zero-order chi connectivity index (χ0) is 24.9. The third-order valence-electron chi connectivity index (χ3n) is 6.24. The van der Waals surface area contributed by atoms with Gasteiger partial charge in [-0.15, -0.1) is 5.10 Å². The normalized spacial score (nSPS) is 19.7. The molecule has 35 heavy (non-hydrogen) atoms. The van der Waals surface area contributed by atoms with Crippen molar-refractivity contribution in [1.29, 1.82) is 0 Å². The first-order valence-corrected chi connectivity index (χ1v) is 10.7. The van der Waals surface area contributed by atoms with Crippen molar-refractivity contribution in [1.82, 2.24) is 14.8 Å². The maximum Gasteiger partial charge on any atom is 0.453 e. The summed E-state index contributed by atoms with van der Waals surface area (Å²) in [4.78, 5) is 17.1. The van der Waals surface area contributed by atoms with Gasteiger partial charge in [0, 0.05) is 17.7 Å². The monoisotopic (exact) mass is 488 g/mol. The lowest BCUT2D eigenvalue weighted by Gasteiger charge is -2.35. The molecule has 0 amide bonds. The fourth-order valence-electron chi connectivity index (χ4n) is 4.63. The molecule has 0 unspecified atom stereocenters. The highest BCUT2D eigenvalue weighted by Crippen LogP contribution is 2.45. The lowest BCUT2D eigenvalue weighted by Crippen LogP contribution is -2.33. The van der Waals surface area contributed by atoms with Gasteiger partial charge in [0.05, 0.1) is 14.2 Å². The smallest absolute Gasteiger partial charge is 0.453 e. The lowest BCUT2D eigenvalue weighted by molar-refractivity contribution is -0.145. The Hall–Kier alpha value is -3.89. The molecule has 7 nitrogen and oxygen atoms in total. The molecule has 0 bridgehead atoms. The molecule has 0 saturated carbocycles. The summed E-state index contributed by atoms with van der Waals surface area (Å²) in [5, 5.41) is 6.56. The molecule has 0 fully saturated rings. The van der Waals surface area contributed by atoms with Crippen LogP contribution in [0.1, 0.15) is 41.8 Å². The van der Waals surface area contributed by atoms with Crippen LogP contribution in [0.15, 0.2) is 53.7 Å². The minimum atomic E-state index is -4.77. The predicted molar refractivity (Wildman–Crippen MR) is 117 cm³/mol. The van der Waals surface area contributed by atoms with E-state index in [2.05, 4.69) is 15.4 Å². The summed E-state index contributed by atoms with van der Waals surface area (Å²) in [5.74, 6) is -1.41. The van der Waals surface area contributed by atoms with Crippen LogP contribution in [0, 0.1) is 5.82 Å². The van der Waals surface area contributed by atoms with Crippen molar-refractivity contribution in [2.45, 2.75) is 31.0 Å². The molecule has 1 N–H and O–H groups in total. The largest absolute Gasteiger partial charge is 0.493 e. The first-order chi connectivity index (χ1) is 16.7. The van der Waals surface area contributed by atoms with E-state index in [-0.39, 0.29) is 24.1 Å². The van der Waals surface area contributed by atoms with Crippen LogP contribution >= 0.6 is 0 Å². The molecule has 2 aliphatic rings. The number of carbonyl (C=O) groups excluding carboxylic acids is 1. The molecule has 2 heterocycles. The average Bonchev–Trinajstić information content (AvgIpc) is 3.27. The number of nitrogens with one attached hydrogen (secondary N) is 1. The predicted octanol–water partition coefficient (Wildman–Crippen LogP) is 4.87. The summed E-state index contributed by atoms with van der Waals surface area (Å²) in [7, 11) is 3.03. The second-order valence-electron chi connectivity index (χ2n) is 8.32. The van der Waals surface area contributed by atoms with Crippen LogP contribution in [-0.2, 0) is 11.0 Å². The van der Waals surface area contributed by atoms with Crippen LogP contribution in [0.2, 0.25) is 0 Å². The van der Waals surface area contributed by atoms with E-state index in [0.717, 1.165) is 10.2 Å². The third kappa shape index (κ3) is 4.00. The summed E-state index contributed by atoms with van der Waals surface area (Å²) < 4.78 is 65.5. The number of ether oxygens (including phenoxy) is 2. The molecule has 182 valence electrons. The topological polar surface area (TPSA) is 78.3 Å². The van der Waals surface area contributed by atoms with Gasteiger partial charge in [-0.3, -0.25) is 4.79 Å². The molecule has 3 aromatic rings. The van der Waals surface area contributed by atoms with Gasteiger partial charge in [0.25, 0.3) is 5.82 Å². The number of methoxy groups -OCH3 is 2. The Morgan fingerprint density at radius 3 is 2.34 bits per heavy atom. The number of halogens is 4. The van der Waals surface area contributed by atoms with E-state index < -0.39 is 23.9 Å². The Morgan fingerprint density at radius 1 is 1.00 bits per heavy atom. The van der Waals surface area contributed by atoms with E-state index in [1.54, 1.807) is 12.1 Å². The van der Waals surface area contributed by atoms with Gasteiger partial charge < -0.3 is 14.8 Å². The average molecular weight is 488 g/mol. The lowest BCUT2D eigenvalue weighted by atomic mass is 9.78. The summed E-state index contributed by atoms with van der Waals surface area (Å²) in [6, 6.07) is 9.64. The number of fused-ring (bicyclic) bond motifs is 1. The van der Waals surface area contributed by atoms with E-state index in [4.69, 9.17) is 9.47 Å². The van der Waals surface area contributed by atoms with Crippen LogP contribution in [0.5, 0.6) is 11.5 Å².